The van der Waals surface area contributed by atoms with Crippen molar-refractivity contribution in [3.8, 4) is 0 Å². The largest absolute Gasteiger partial charge is 0.369 e. The summed E-state index contributed by atoms with van der Waals surface area (Å²) in [6.07, 6.45) is 7.37. The molecule has 0 spiro atoms. The molecule has 118 valence electrons. The Labute approximate surface area is 132 Å². The highest BCUT2D eigenvalue weighted by molar-refractivity contribution is 5.36. The summed E-state index contributed by atoms with van der Waals surface area (Å²) in [5, 5.41) is 14.5. The van der Waals surface area contributed by atoms with Gasteiger partial charge in [-0.1, -0.05) is 50.1 Å². The van der Waals surface area contributed by atoms with Crippen LogP contribution in [0, 0.1) is 0 Å². The third-order valence-corrected chi connectivity index (χ3v) is 3.41. The molecule has 0 fully saturated rings. The fraction of sp³-hybridized carbons (Fsp3) is 0.471. The predicted molar refractivity (Wildman–Crippen MR) is 91.1 cm³/mol. The summed E-state index contributed by atoms with van der Waals surface area (Å²) in [6, 6.07) is 10.5. The van der Waals surface area contributed by atoms with Crippen LogP contribution in [0.15, 0.2) is 36.5 Å². The van der Waals surface area contributed by atoms with Gasteiger partial charge in [0.2, 0.25) is 5.95 Å². The topological polar surface area (TPSA) is 62.7 Å². The van der Waals surface area contributed by atoms with E-state index in [1.165, 1.54) is 18.4 Å². The van der Waals surface area contributed by atoms with Crippen molar-refractivity contribution in [3.63, 3.8) is 0 Å². The Bertz CT molecular complexity index is 530. The fourth-order valence-electron chi connectivity index (χ4n) is 2.19. The first-order valence-electron chi connectivity index (χ1n) is 8.10. The second kappa shape index (κ2) is 9.71. The minimum absolute atomic E-state index is 0.591. The third kappa shape index (κ3) is 6.08. The summed E-state index contributed by atoms with van der Waals surface area (Å²) >= 11 is 0. The number of hydrogen-bond acceptors (Lipinski definition) is 5. The van der Waals surface area contributed by atoms with Crippen LogP contribution in [0.5, 0.6) is 0 Å². The lowest BCUT2D eigenvalue weighted by atomic mass is 10.1. The molecule has 5 heteroatoms. The second-order valence-corrected chi connectivity index (χ2v) is 5.32. The molecule has 2 N–H and O–H groups in total. The zero-order valence-corrected chi connectivity index (χ0v) is 13.3. The van der Waals surface area contributed by atoms with Crippen molar-refractivity contribution >= 4 is 11.8 Å². The van der Waals surface area contributed by atoms with Gasteiger partial charge in [-0.25, -0.2) is 0 Å². The first kappa shape index (κ1) is 16.2. The van der Waals surface area contributed by atoms with Crippen molar-refractivity contribution in [2.45, 2.75) is 39.0 Å². The summed E-state index contributed by atoms with van der Waals surface area (Å²) < 4.78 is 0. The van der Waals surface area contributed by atoms with Gasteiger partial charge in [0.1, 0.15) is 5.82 Å². The quantitative estimate of drug-likeness (QED) is 0.657. The number of aryl methyl sites for hydroxylation is 1. The molecule has 0 aliphatic rings. The molecule has 0 saturated heterocycles. The molecule has 0 unspecified atom stereocenters. The molecule has 0 aliphatic heterocycles. The Hall–Kier alpha value is -2.17. The predicted octanol–water partition coefficient (Wildman–Crippen LogP) is 3.52. The van der Waals surface area contributed by atoms with Crippen LogP contribution in [-0.4, -0.2) is 28.3 Å². The zero-order valence-electron chi connectivity index (χ0n) is 13.3. The van der Waals surface area contributed by atoms with Gasteiger partial charge >= 0.3 is 0 Å². The van der Waals surface area contributed by atoms with Gasteiger partial charge in [-0.05, 0) is 24.8 Å². The third-order valence-electron chi connectivity index (χ3n) is 3.41. The lowest BCUT2D eigenvalue weighted by molar-refractivity contribution is 0.741. The fourth-order valence-corrected chi connectivity index (χ4v) is 2.19. The van der Waals surface area contributed by atoms with Crippen LogP contribution in [0.2, 0.25) is 0 Å². The van der Waals surface area contributed by atoms with Crippen LogP contribution in [0.1, 0.15) is 38.2 Å². The van der Waals surface area contributed by atoms with Crippen LogP contribution >= 0.6 is 0 Å². The summed E-state index contributed by atoms with van der Waals surface area (Å²) in [7, 11) is 0. The van der Waals surface area contributed by atoms with Crippen LogP contribution in [0.4, 0.5) is 11.8 Å². The Morgan fingerprint density at radius 1 is 0.955 bits per heavy atom. The molecule has 1 heterocycles. The van der Waals surface area contributed by atoms with E-state index in [9.17, 15) is 0 Å². The van der Waals surface area contributed by atoms with E-state index in [4.69, 9.17) is 0 Å². The Morgan fingerprint density at radius 3 is 2.59 bits per heavy atom. The average Bonchev–Trinajstić information content (AvgIpc) is 2.57. The van der Waals surface area contributed by atoms with E-state index in [-0.39, 0.29) is 0 Å². The summed E-state index contributed by atoms with van der Waals surface area (Å²) in [4.78, 5) is 4.42. The lowest BCUT2D eigenvalue weighted by Crippen LogP contribution is -2.10. The van der Waals surface area contributed by atoms with E-state index in [1.54, 1.807) is 6.20 Å². The van der Waals surface area contributed by atoms with Gasteiger partial charge in [0, 0.05) is 13.1 Å². The minimum Gasteiger partial charge on any atom is -0.369 e. The molecular weight excluding hydrogens is 274 g/mol. The number of nitrogens with one attached hydrogen (secondary N) is 2. The smallest absolute Gasteiger partial charge is 0.244 e. The maximum Gasteiger partial charge on any atom is 0.244 e. The summed E-state index contributed by atoms with van der Waals surface area (Å²) in [5.41, 5.74) is 1.36. The van der Waals surface area contributed by atoms with Crippen LogP contribution in [0.25, 0.3) is 0 Å². The average molecular weight is 299 g/mol. The Morgan fingerprint density at radius 2 is 1.77 bits per heavy atom. The molecule has 22 heavy (non-hydrogen) atoms. The van der Waals surface area contributed by atoms with Gasteiger partial charge < -0.3 is 10.6 Å². The summed E-state index contributed by atoms with van der Waals surface area (Å²) in [6.45, 7) is 3.97. The van der Waals surface area contributed by atoms with Crippen LogP contribution in [0.3, 0.4) is 0 Å². The van der Waals surface area contributed by atoms with Gasteiger partial charge in [0.05, 0.1) is 6.20 Å². The van der Waals surface area contributed by atoms with Crippen molar-refractivity contribution in [2.24, 2.45) is 0 Å². The van der Waals surface area contributed by atoms with E-state index in [2.05, 4.69) is 57.0 Å². The van der Waals surface area contributed by atoms with E-state index in [0.717, 1.165) is 38.2 Å². The van der Waals surface area contributed by atoms with E-state index < -0.39 is 0 Å². The van der Waals surface area contributed by atoms with E-state index in [0.29, 0.717) is 5.95 Å². The Kier molecular flexibility index (Phi) is 7.15. The standard InChI is InChI=1S/C17H25N5/c1-2-3-7-12-18-16-14-20-22-17(21-16)19-13-8-11-15-9-5-4-6-10-15/h4-6,9-10,14H,2-3,7-8,11-13H2,1H3,(H2,18,19,21,22). The van der Waals surface area contributed by atoms with Gasteiger partial charge in [-0.3, -0.25) is 0 Å². The normalized spacial score (nSPS) is 10.4. The first-order valence-corrected chi connectivity index (χ1v) is 8.10. The molecule has 0 radical (unpaired) electrons. The van der Waals surface area contributed by atoms with Crippen molar-refractivity contribution in [1.82, 2.24) is 15.2 Å². The van der Waals surface area contributed by atoms with E-state index in [1.807, 2.05) is 6.07 Å². The molecule has 0 atom stereocenters. The van der Waals surface area contributed by atoms with Crippen molar-refractivity contribution in [2.75, 3.05) is 23.7 Å². The van der Waals surface area contributed by atoms with Gasteiger partial charge in [-0.15, -0.1) is 5.10 Å². The molecule has 2 aromatic rings. The number of hydrogen-bond donors (Lipinski definition) is 2. The molecule has 0 saturated carbocycles. The number of nitrogens with zero attached hydrogens (tertiary/aromatic N) is 3. The molecule has 0 bridgehead atoms. The van der Waals surface area contributed by atoms with Crippen LogP contribution < -0.4 is 10.6 Å². The molecule has 2 rings (SSSR count). The van der Waals surface area contributed by atoms with Crippen molar-refractivity contribution in [3.05, 3.63) is 42.1 Å². The Balaban J connectivity index is 1.69. The van der Waals surface area contributed by atoms with Crippen molar-refractivity contribution in [1.29, 1.82) is 0 Å². The molecule has 0 amide bonds. The van der Waals surface area contributed by atoms with Crippen LogP contribution in [-0.2, 0) is 6.42 Å². The zero-order chi connectivity index (χ0) is 15.5. The maximum atomic E-state index is 4.42. The highest BCUT2D eigenvalue weighted by Gasteiger charge is 2.00. The number of anilines is 2. The molecule has 1 aromatic carbocycles. The highest BCUT2D eigenvalue weighted by Crippen LogP contribution is 2.06. The van der Waals surface area contributed by atoms with Gasteiger partial charge in [0.15, 0.2) is 0 Å². The minimum atomic E-state index is 0.591. The monoisotopic (exact) mass is 299 g/mol. The van der Waals surface area contributed by atoms with Gasteiger partial charge in [-0.2, -0.15) is 10.1 Å². The SMILES string of the molecule is CCCCCNc1cnnc(NCCCc2ccccc2)n1. The van der Waals surface area contributed by atoms with Gasteiger partial charge in [0.25, 0.3) is 0 Å². The molecular formula is C17H25N5. The number of aromatic nitrogens is 3. The lowest BCUT2D eigenvalue weighted by Gasteiger charge is -2.07. The molecule has 0 aliphatic carbocycles. The molecule has 1 aromatic heterocycles. The van der Waals surface area contributed by atoms with E-state index >= 15 is 0 Å². The second-order valence-electron chi connectivity index (χ2n) is 5.32. The first-order chi connectivity index (χ1) is 10.9. The van der Waals surface area contributed by atoms with Crippen molar-refractivity contribution < 1.29 is 0 Å². The summed E-state index contributed by atoms with van der Waals surface area (Å²) in [5.74, 6) is 1.38. The number of benzene rings is 1. The number of unbranched alkanes of at least 4 members (excludes halogenated alkanes) is 2. The maximum absolute atomic E-state index is 4.42. The molecule has 5 nitrogen and oxygen atoms in total. The number of rotatable bonds is 10. The highest BCUT2D eigenvalue weighted by atomic mass is 15.3.